The zero-order valence-corrected chi connectivity index (χ0v) is 11.8. The molecule has 0 aromatic carbocycles. The second kappa shape index (κ2) is 5.56. The smallest absolute Gasteiger partial charge is 0.259 e. The van der Waals surface area contributed by atoms with Gasteiger partial charge in [-0.15, -0.1) is 0 Å². The Morgan fingerprint density at radius 3 is 2.94 bits per heavy atom. The van der Waals surface area contributed by atoms with Crippen molar-refractivity contribution in [2.75, 3.05) is 13.1 Å². The molecule has 1 aromatic rings. The third-order valence-corrected chi connectivity index (χ3v) is 5.02. The van der Waals surface area contributed by atoms with Gasteiger partial charge in [0.05, 0.1) is 11.2 Å². The number of nitrogens with zero attached hydrogens (tertiary/aromatic N) is 2. The summed E-state index contributed by atoms with van der Waals surface area (Å²) >= 11 is 5.86. The van der Waals surface area contributed by atoms with E-state index in [1.165, 1.54) is 10.9 Å². The van der Waals surface area contributed by atoms with Gasteiger partial charge in [-0.25, -0.2) is 13.1 Å². The molecule has 8 heteroatoms. The summed E-state index contributed by atoms with van der Waals surface area (Å²) in [5, 5.41) is 7.27. The maximum absolute atomic E-state index is 12.2. The van der Waals surface area contributed by atoms with E-state index in [0.717, 1.165) is 32.4 Å². The van der Waals surface area contributed by atoms with Gasteiger partial charge in [0, 0.05) is 13.1 Å². The van der Waals surface area contributed by atoms with Crippen molar-refractivity contribution in [2.45, 2.75) is 30.3 Å². The number of hydrogen-bond acceptors (Lipinski definition) is 4. The molecule has 0 bridgehead atoms. The first kappa shape index (κ1) is 13.8. The normalized spacial score (nSPS) is 21.8. The van der Waals surface area contributed by atoms with Crippen molar-refractivity contribution in [2.24, 2.45) is 7.05 Å². The molecule has 18 heavy (non-hydrogen) atoms. The summed E-state index contributed by atoms with van der Waals surface area (Å²) in [6, 6.07) is -0.0454. The Hall–Kier alpha value is -0.630. The minimum Gasteiger partial charge on any atom is -0.317 e. The first-order chi connectivity index (χ1) is 8.50. The highest BCUT2D eigenvalue weighted by atomic mass is 35.5. The van der Waals surface area contributed by atoms with Crippen LogP contribution in [0.15, 0.2) is 11.2 Å². The van der Waals surface area contributed by atoms with E-state index in [1.54, 1.807) is 7.05 Å². The molecule has 2 N–H and O–H groups in total. The molecule has 102 valence electrons. The van der Waals surface area contributed by atoms with Crippen molar-refractivity contribution in [3.05, 3.63) is 11.2 Å². The van der Waals surface area contributed by atoms with Crippen LogP contribution >= 0.6 is 11.6 Å². The standard InChI is InChI=1S/C10H17ClN4O2S/c1-15-10(9(11)7-13-15)18(16,17)14-8-3-2-5-12-6-4-8/h7-8,12,14H,2-6H2,1H3. The van der Waals surface area contributed by atoms with E-state index >= 15 is 0 Å². The summed E-state index contributed by atoms with van der Waals surface area (Å²) in [6.07, 6.45) is 3.92. The van der Waals surface area contributed by atoms with Crippen LogP contribution in [0.25, 0.3) is 0 Å². The van der Waals surface area contributed by atoms with Crippen molar-refractivity contribution >= 4 is 21.6 Å². The number of sulfonamides is 1. The van der Waals surface area contributed by atoms with Crippen molar-refractivity contribution in [1.82, 2.24) is 19.8 Å². The van der Waals surface area contributed by atoms with Gasteiger partial charge in [-0.3, -0.25) is 4.68 Å². The zero-order chi connectivity index (χ0) is 13.2. The molecular weight excluding hydrogens is 276 g/mol. The molecule has 1 saturated heterocycles. The molecule has 6 nitrogen and oxygen atoms in total. The fraction of sp³-hybridized carbons (Fsp3) is 0.700. The molecule has 1 aliphatic rings. The van der Waals surface area contributed by atoms with E-state index in [-0.39, 0.29) is 16.1 Å². The molecule has 1 atom stereocenters. The Morgan fingerprint density at radius 2 is 2.28 bits per heavy atom. The molecule has 1 fully saturated rings. The van der Waals surface area contributed by atoms with E-state index in [9.17, 15) is 8.42 Å². The fourth-order valence-corrected chi connectivity index (χ4v) is 4.08. The van der Waals surface area contributed by atoms with E-state index in [0.29, 0.717) is 0 Å². The maximum atomic E-state index is 12.2. The van der Waals surface area contributed by atoms with Gasteiger partial charge in [-0.1, -0.05) is 11.6 Å². The van der Waals surface area contributed by atoms with Crippen molar-refractivity contribution < 1.29 is 8.42 Å². The summed E-state index contributed by atoms with van der Waals surface area (Å²) in [6.45, 7) is 1.76. The van der Waals surface area contributed by atoms with Crippen molar-refractivity contribution in [3.63, 3.8) is 0 Å². The molecule has 0 radical (unpaired) electrons. The first-order valence-electron chi connectivity index (χ1n) is 5.91. The van der Waals surface area contributed by atoms with Crippen molar-refractivity contribution in [1.29, 1.82) is 0 Å². The molecule has 1 aliphatic heterocycles. The third kappa shape index (κ3) is 3.03. The third-order valence-electron chi connectivity index (χ3n) is 2.99. The number of hydrogen-bond donors (Lipinski definition) is 2. The van der Waals surface area contributed by atoms with Crippen molar-refractivity contribution in [3.8, 4) is 0 Å². The van der Waals surface area contributed by atoms with Crippen LogP contribution in [0.5, 0.6) is 0 Å². The topological polar surface area (TPSA) is 76.0 Å². The first-order valence-corrected chi connectivity index (χ1v) is 7.77. The highest BCUT2D eigenvalue weighted by Crippen LogP contribution is 2.20. The van der Waals surface area contributed by atoms with Gasteiger partial charge in [0.25, 0.3) is 10.0 Å². The molecule has 1 unspecified atom stereocenters. The van der Waals surface area contributed by atoms with Crippen LogP contribution in [0.1, 0.15) is 19.3 Å². The van der Waals surface area contributed by atoms with Gasteiger partial charge in [0.2, 0.25) is 0 Å². The lowest BCUT2D eigenvalue weighted by molar-refractivity contribution is 0.509. The van der Waals surface area contributed by atoms with Crippen LogP contribution in [0.2, 0.25) is 5.02 Å². The van der Waals surface area contributed by atoms with E-state index in [1.807, 2.05) is 0 Å². The molecule has 2 heterocycles. The lowest BCUT2D eigenvalue weighted by Gasteiger charge is -2.16. The highest BCUT2D eigenvalue weighted by molar-refractivity contribution is 7.89. The largest absolute Gasteiger partial charge is 0.317 e. The van der Waals surface area contributed by atoms with Crippen LogP contribution in [0.3, 0.4) is 0 Å². The number of rotatable bonds is 3. The predicted molar refractivity (Wildman–Crippen MR) is 69.0 cm³/mol. The molecule has 0 spiro atoms. The second-order valence-corrected chi connectivity index (χ2v) is 6.46. The molecule has 0 aliphatic carbocycles. The molecule has 2 rings (SSSR count). The van der Waals surface area contributed by atoms with E-state index < -0.39 is 10.0 Å². The van der Waals surface area contributed by atoms with Crippen LogP contribution in [0, 0.1) is 0 Å². The lowest BCUT2D eigenvalue weighted by Crippen LogP contribution is -2.36. The Bertz CT molecular complexity index is 486. The second-order valence-electron chi connectivity index (χ2n) is 4.42. The summed E-state index contributed by atoms with van der Waals surface area (Å²) in [5.41, 5.74) is 0. The van der Waals surface area contributed by atoms with Crippen LogP contribution < -0.4 is 10.0 Å². The number of halogens is 1. The van der Waals surface area contributed by atoms with Gasteiger partial charge in [0.15, 0.2) is 5.03 Å². The zero-order valence-electron chi connectivity index (χ0n) is 10.2. The Labute approximate surface area is 112 Å². The monoisotopic (exact) mass is 292 g/mol. The Kier molecular flexibility index (Phi) is 4.26. The van der Waals surface area contributed by atoms with Gasteiger partial charge in [0.1, 0.15) is 0 Å². The van der Waals surface area contributed by atoms with Crippen LogP contribution in [-0.4, -0.2) is 37.3 Å². The minimum atomic E-state index is -3.60. The molecular formula is C10H17ClN4O2S. The van der Waals surface area contributed by atoms with E-state index in [4.69, 9.17) is 11.6 Å². The number of aromatic nitrogens is 2. The number of nitrogens with one attached hydrogen (secondary N) is 2. The van der Waals surface area contributed by atoms with Gasteiger partial charge < -0.3 is 5.32 Å². The Morgan fingerprint density at radius 1 is 1.50 bits per heavy atom. The SMILES string of the molecule is Cn1ncc(Cl)c1S(=O)(=O)NC1CCCNCC1. The van der Waals surface area contributed by atoms with E-state index in [2.05, 4.69) is 15.1 Å². The summed E-state index contributed by atoms with van der Waals surface area (Å²) < 4.78 is 28.5. The summed E-state index contributed by atoms with van der Waals surface area (Å²) in [4.78, 5) is 0. The molecule has 0 amide bonds. The minimum absolute atomic E-state index is 0.0290. The van der Waals surface area contributed by atoms with Crippen LogP contribution in [-0.2, 0) is 17.1 Å². The maximum Gasteiger partial charge on any atom is 0.259 e. The quantitative estimate of drug-likeness (QED) is 0.850. The Balaban J connectivity index is 2.16. The number of aryl methyl sites for hydroxylation is 1. The predicted octanol–water partition coefficient (Wildman–Crippen LogP) is 0.494. The fourth-order valence-electron chi connectivity index (χ4n) is 2.11. The van der Waals surface area contributed by atoms with Crippen LogP contribution in [0.4, 0.5) is 0 Å². The summed E-state index contributed by atoms with van der Waals surface area (Å²) in [7, 11) is -2.04. The van der Waals surface area contributed by atoms with Gasteiger partial charge in [-0.2, -0.15) is 5.10 Å². The van der Waals surface area contributed by atoms with Gasteiger partial charge >= 0.3 is 0 Å². The molecule has 1 aromatic heterocycles. The summed E-state index contributed by atoms with van der Waals surface area (Å²) in [5.74, 6) is 0. The lowest BCUT2D eigenvalue weighted by atomic mass is 10.1. The molecule has 0 saturated carbocycles. The average Bonchev–Trinajstić information content (AvgIpc) is 2.52. The highest BCUT2D eigenvalue weighted by Gasteiger charge is 2.26. The average molecular weight is 293 g/mol. The van der Waals surface area contributed by atoms with Gasteiger partial charge in [-0.05, 0) is 32.4 Å².